The average Bonchev–Trinajstić information content (AvgIpc) is 2.39. The van der Waals surface area contributed by atoms with Gasteiger partial charge in [-0.25, -0.2) is 0 Å². The van der Waals surface area contributed by atoms with Gasteiger partial charge in [-0.05, 0) is 32.4 Å². The highest BCUT2D eigenvalue weighted by atomic mass is 16.5. The third kappa shape index (κ3) is 5.20. The van der Waals surface area contributed by atoms with Gasteiger partial charge in [0.2, 0.25) is 0 Å². The summed E-state index contributed by atoms with van der Waals surface area (Å²) in [6.45, 7) is 5.84. The van der Waals surface area contributed by atoms with Crippen molar-refractivity contribution >= 4 is 5.91 Å². The normalized spacial score (nSPS) is 13.5. The molecule has 0 bridgehead atoms. The Labute approximate surface area is 115 Å². The van der Waals surface area contributed by atoms with E-state index in [-0.39, 0.29) is 11.9 Å². The fraction of sp³-hybridized carbons (Fsp3) is 0.533. The van der Waals surface area contributed by atoms with Crippen molar-refractivity contribution in [3.05, 3.63) is 24.3 Å². The van der Waals surface area contributed by atoms with Crippen LogP contribution in [0.15, 0.2) is 24.3 Å². The van der Waals surface area contributed by atoms with Crippen LogP contribution in [0, 0.1) is 0 Å². The maximum Gasteiger partial charge on any atom is 0.260 e. The molecule has 4 heteroatoms. The lowest BCUT2D eigenvalue weighted by Gasteiger charge is -2.18. The summed E-state index contributed by atoms with van der Waals surface area (Å²) < 4.78 is 10.7. The van der Waals surface area contributed by atoms with Gasteiger partial charge in [0.15, 0.2) is 6.10 Å². The molecule has 0 saturated carbocycles. The van der Waals surface area contributed by atoms with E-state index < -0.39 is 6.10 Å². The van der Waals surface area contributed by atoms with Crippen LogP contribution >= 0.6 is 0 Å². The first-order valence-electron chi connectivity index (χ1n) is 6.68. The molecule has 0 fully saturated rings. The lowest BCUT2D eigenvalue weighted by atomic mass is 10.2. The fourth-order valence-corrected chi connectivity index (χ4v) is 1.80. The van der Waals surface area contributed by atoms with Crippen molar-refractivity contribution in [1.29, 1.82) is 0 Å². The molecule has 0 unspecified atom stereocenters. The van der Waals surface area contributed by atoms with E-state index in [1.54, 1.807) is 20.1 Å². The summed E-state index contributed by atoms with van der Waals surface area (Å²) in [5.74, 6) is 1.25. The van der Waals surface area contributed by atoms with Crippen LogP contribution in [0.5, 0.6) is 11.5 Å². The molecule has 0 radical (unpaired) electrons. The molecule has 106 valence electrons. The first-order chi connectivity index (χ1) is 9.06. The summed E-state index contributed by atoms with van der Waals surface area (Å²) in [6.07, 6.45) is 1.50. The van der Waals surface area contributed by atoms with Crippen molar-refractivity contribution in [3.8, 4) is 11.5 Å². The van der Waals surface area contributed by atoms with E-state index >= 15 is 0 Å². The van der Waals surface area contributed by atoms with E-state index in [0.717, 1.165) is 12.8 Å². The first-order valence-corrected chi connectivity index (χ1v) is 6.68. The minimum atomic E-state index is -0.522. The number of nitrogens with one attached hydrogen (secondary N) is 1. The van der Waals surface area contributed by atoms with E-state index in [1.165, 1.54) is 0 Å². The summed E-state index contributed by atoms with van der Waals surface area (Å²) in [5.41, 5.74) is 0. The highest BCUT2D eigenvalue weighted by molar-refractivity contribution is 5.80. The Bertz CT molecular complexity index is 406. The van der Waals surface area contributed by atoms with E-state index in [2.05, 4.69) is 12.2 Å². The predicted octanol–water partition coefficient (Wildman–Crippen LogP) is 2.77. The van der Waals surface area contributed by atoms with Crippen molar-refractivity contribution in [3.63, 3.8) is 0 Å². The lowest BCUT2D eigenvalue weighted by Crippen LogP contribution is -2.41. The highest BCUT2D eigenvalue weighted by Crippen LogP contribution is 2.19. The van der Waals surface area contributed by atoms with E-state index in [0.29, 0.717) is 11.5 Å². The third-order valence-corrected chi connectivity index (χ3v) is 2.83. The van der Waals surface area contributed by atoms with Crippen LogP contribution in [0.1, 0.15) is 33.6 Å². The zero-order valence-electron chi connectivity index (χ0n) is 12.1. The van der Waals surface area contributed by atoms with E-state index in [9.17, 15) is 4.79 Å². The predicted molar refractivity (Wildman–Crippen MR) is 75.6 cm³/mol. The number of amides is 1. The Hall–Kier alpha value is -1.71. The minimum absolute atomic E-state index is 0.0937. The molecule has 0 aliphatic heterocycles. The van der Waals surface area contributed by atoms with E-state index in [1.807, 2.05) is 25.1 Å². The lowest BCUT2D eigenvalue weighted by molar-refractivity contribution is -0.127. The van der Waals surface area contributed by atoms with Crippen molar-refractivity contribution in [2.45, 2.75) is 45.8 Å². The van der Waals surface area contributed by atoms with Gasteiger partial charge >= 0.3 is 0 Å². The molecule has 1 N–H and O–H groups in total. The van der Waals surface area contributed by atoms with E-state index in [4.69, 9.17) is 9.47 Å². The van der Waals surface area contributed by atoms with Crippen LogP contribution in [0.2, 0.25) is 0 Å². The Kier molecular flexibility index (Phi) is 6.19. The Morgan fingerprint density at radius 3 is 2.63 bits per heavy atom. The molecular formula is C15H23NO3. The monoisotopic (exact) mass is 265 g/mol. The highest BCUT2D eigenvalue weighted by Gasteiger charge is 2.16. The summed E-state index contributed by atoms with van der Waals surface area (Å²) in [7, 11) is 1.60. The molecule has 0 aromatic heterocycles. The van der Waals surface area contributed by atoms with Crippen LogP contribution in [0.3, 0.4) is 0 Å². The second-order valence-corrected chi connectivity index (χ2v) is 4.64. The van der Waals surface area contributed by atoms with Gasteiger partial charge in [-0.1, -0.05) is 19.4 Å². The second-order valence-electron chi connectivity index (χ2n) is 4.64. The zero-order valence-corrected chi connectivity index (χ0v) is 12.1. The maximum absolute atomic E-state index is 11.9. The molecule has 0 saturated heterocycles. The standard InChI is InChI=1S/C15H23NO3/c1-5-7-11(2)16-15(17)12(3)19-14-9-6-8-13(10-14)18-4/h6,8-12H,5,7H2,1-4H3,(H,16,17)/t11-,12-/m0/s1. The Morgan fingerprint density at radius 2 is 2.00 bits per heavy atom. The minimum Gasteiger partial charge on any atom is -0.497 e. The molecule has 0 heterocycles. The largest absolute Gasteiger partial charge is 0.497 e. The number of benzene rings is 1. The topological polar surface area (TPSA) is 47.6 Å². The molecule has 1 aromatic rings. The van der Waals surface area contributed by atoms with Gasteiger partial charge in [-0.3, -0.25) is 4.79 Å². The first kappa shape index (κ1) is 15.3. The summed E-state index contributed by atoms with van der Waals surface area (Å²) in [6, 6.07) is 7.41. The van der Waals surface area contributed by atoms with Gasteiger partial charge in [0.1, 0.15) is 11.5 Å². The summed E-state index contributed by atoms with van der Waals surface area (Å²) in [5, 5.41) is 2.93. The van der Waals surface area contributed by atoms with Crippen LogP contribution in [-0.4, -0.2) is 25.2 Å². The quantitative estimate of drug-likeness (QED) is 0.824. The third-order valence-electron chi connectivity index (χ3n) is 2.83. The molecule has 19 heavy (non-hydrogen) atoms. The van der Waals surface area contributed by atoms with Crippen LogP contribution in [0.4, 0.5) is 0 Å². The van der Waals surface area contributed by atoms with Gasteiger partial charge in [-0.2, -0.15) is 0 Å². The fourth-order valence-electron chi connectivity index (χ4n) is 1.80. The molecule has 1 rings (SSSR count). The second kappa shape index (κ2) is 7.67. The molecule has 4 nitrogen and oxygen atoms in total. The molecule has 1 aromatic carbocycles. The van der Waals surface area contributed by atoms with Gasteiger partial charge < -0.3 is 14.8 Å². The maximum atomic E-state index is 11.9. The number of hydrogen-bond acceptors (Lipinski definition) is 3. The van der Waals surface area contributed by atoms with Crippen molar-refractivity contribution in [2.24, 2.45) is 0 Å². The molecule has 0 spiro atoms. The molecule has 0 aliphatic rings. The van der Waals surface area contributed by atoms with Gasteiger partial charge in [0.25, 0.3) is 5.91 Å². The molecule has 0 aliphatic carbocycles. The number of ether oxygens (including phenoxy) is 2. The number of rotatable bonds is 7. The smallest absolute Gasteiger partial charge is 0.260 e. The number of carbonyl (C=O) groups excluding carboxylic acids is 1. The molecule has 2 atom stereocenters. The van der Waals surface area contributed by atoms with Crippen molar-refractivity contribution in [1.82, 2.24) is 5.32 Å². The number of methoxy groups -OCH3 is 1. The SMILES string of the molecule is CCC[C@H](C)NC(=O)[C@H](C)Oc1cccc(OC)c1. The molecule has 1 amide bonds. The summed E-state index contributed by atoms with van der Waals surface area (Å²) in [4.78, 5) is 11.9. The average molecular weight is 265 g/mol. The van der Waals surface area contributed by atoms with Gasteiger partial charge in [0, 0.05) is 12.1 Å². The van der Waals surface area contributed by atoms with Crippen molar-refractivity contribution < 1.29 is 14.3 Å². The summed E-state index contributed by atoms with van der Waals surface area (Å²) >= 11 is 0. The molecular weight excluding hydrogens is 242 g/mol. The Morgan fingerprint density at radius 1 is 1.32 bits per heavy atom. The zero-order chi connectivity index (χ0) is 14.3. The van der Waals surface area contributed by atoms with Crippen LogP contribution < -0.4 is 14.8 Å². The number of hydrogen-bond donors (Lipinski definition) is 1. The van der Waals surface area contributed by atoms with Crippen molar-refractivity contribution in [2.75, 3.05) is 7.11 Å². The van der Waals surface area contributed by atoms with Gasteiger partial charge in [0.05, 0.1) is 7.11 Å². The van der Waals surface area contributed by atoms with Crippen LogP contribution in [-0.2, 0) is 4.79 Å². The number of carbonyl (C=O) groups is 1. The van der Waals surface area contributed by atoms with Gasteiger partial charge in [-0.15, -0.1) is 0 Å². The van der Waals surface area contributed by atoms with Crippen LogP contribution in [0.25, 0.3) is 0 Å². The Balaban J connectivity index is 2.53.